The zero-order chi connectivity index (χ0) is 9.03. The molecule has 1 aliphatic carbocycles. The first kappa shape index (κ1) is 10.0. The number of hydrogen-bond donors (Lipinski definition) is 0. The molecular formula is C11H22O. The molecule has 1 fully saturated rings. The first-order valence-corrected chi connectivity index (χ1v) is 5.28. The summed E-state index contributed by atoms with van der Waals surface area (Å²) in [7, 11) is 0. The van der Waals surface area contributed by atoms with Crippen molar-refractivity contribution in [2.75, 3.05) is 6.61 Å². The molecule has 0 atom stereocenters. The molecule has 12 heavy (non-hydrogen) atoms. The predicted octanol–water partition coefficient (Wildman–Crippen LogP) is 3.38. The van der Waals surface area contributed by atoms with Crippen molar-refractivity contribution in [3.05, 3.63) is 0 Å². The summed E-state index contributed by atoms with van der Waals surface area (Å²) in [6.45, 7) is 7.62. The molecule has 0 amide bonds. The summed E-state index contributed by atoms with van der Waals surface area (Å²) in [4.78, 5) is 0. The minimum Gasteiger partial charge on any atom is -0.375 e. The van der Waals surface area contributed by atoms with Gasteiger partial charge in [0.2, 0.25) is 0 Å². The summed E-state index contributed by atoms with van der Waals surface area (Å²) in [6, 6.07) is 0. The van der Waals surface area contributed by atoms with Crippen LogP contribution in [0, 0.1) is 5.92 Å². The van der Waals surface area contributed by atoms with E-state index in [2.05, 4.69) is 20.8 Å². The average molecular weight is 170 g/mol. The Labute approximate surface area is 76.5 Å². The van der Waals surface area contributed by atoms with Gasteiger partial charge in [0, 0.05) is 0 Å². The van der Waals surface area contributed by atoms with Gasteiger partial charge in [-0.3, -0.25) is 0 Å². The Morgan fingerprint density at radius 2 is 2.00 bits per heavy atom. The van der Waals surface area contributed by atoms with Crippen molar-refractivity contribution in [2.24, 2.45) is 5.92 Å². The molecule has 1 rings (SSSR count). The Bertz CT molecular complexity index is 125. The van der Waals surface area contributed by atoms with Crippen LogP contribution in [0.2, 0.25) is 0 Å². The molecule has 1 heteroatoms. The van der Waals surface area contributed by atoms with Crippen molar-refractivity contribution < 1.29 is 4.74 Å². The van der Waals surface area contributed by atoms with Crippen LogP contribution in [0.3, 0.4) is 0 Å². The molecule has 0 radical (unpaired) electrons. The van der Waals surface area contributed by atoms with Gasteiger partial charge in [0.25, 0.3) is 0 Å². The fraction of sp³-hybridized carbons (Fsp3) is 1.00. The summed E-state index contributed by atoms with van der Waals surface area (Å²) in [5.74, 6) is 0.876. The molecule has 0 bridgehead atoms. The van der Waals surface area contributed by atoms with E-state index in [0.29, 0.717) is 0 Å². The van der Waals surface area contributed by atoms with Crippen LogP contribution < -0.4 is 0 Å². The highest BCUT2D eigenvalue weighted by Gasteiger charge is 2.22. The van der Waals surface area contributed by atoms with E-state index in [1.54, 1.807) is 0 Å². The van der Waals surface area contributed by atoms with E-state index in [0.717, 1.165) is 12.5 Å². The van der Waals surface area contributed by atoms with Crippen molar-refractivity contribution >= 4 is 0 Å². The van der Waals surface area contributed by atoms with Crippen LogP contribution in [0.4, 0.5) is 0 Å². The van der Waals surface area contributed by atoms with Gasteiger partial charge >= 0.3 is 0 Å². The van der Waals surface area contributed by atoms with Crippen LogP contribution in [0.5, 0.6) is 0 Å². The molecule has 0 spiro atoms. The van der Waals surface area contributed by atoms with Gasteiger partial charge in [-0.25, -0.2) is 0 Å². The number of hydrogen-bond acceptors (Lipinski definition) is 1. The monoisotopic (exact) mass is 170 g/mol. The Morgan fingerprint density at radius 3 is 2.42 bits per heavy atom. The van der Waals surface area contributed by atoms with Crippen molar-refractivity contribution in [1.29, 1.82) is 0 Å². The molecule has 0 aromatic heterocycles. The summed E-state index contributed by atoms with van der Waals surface area (Å²) in [5.41, 5.74) is 0.115. The molecular weight excluding hydrogens is 148 g/mol. The van der Waals surface area contributed by atoms with Gasteiger partial charge in [0.1, 0.15) is 0 Å². The molecule has 0 saturated heterocycles. The zero-order valence-electron chi connectivity index (χ0n) is 8.73. The van der Waals surface area contributed by atoms with E-state index >= 15 is 0 Å². The normalized spacial score (nSPS) is 19.2. The van der Waals surface area contributed by atoms with E-state index < -0.39 is 0 Å². The van der Waals surface area contributed by atoms with E-state index in [-0.39, 0.29) is 5.60 Å². The van der Waals surface area contributed by atoms with Crippen LogP contribution in [0.15, 0.2) is 0 Å². The van der Waals surface area contributed by atoms with Crippen LogP contribution >= 0.6 is 0 Å². The van der Waals surface area contributed by atoms with Crippen LogP contribution in [-0.4, -0.2) is 12.2 Å². The van der Waals surface area contributed by atoms with E-state index in [4.69, 9.17) is 4.74 Å². The summed E-state index contributed by atoms with van der Waals surface area (Å²) in [5, 5.41) is 0. The molecule has 1 nitrogen and oxygen atoms in total. The van der Waals surface area contributed by atoms with Crippen LogP contribution in [0.1, 0.15) is 52.9 Å². The fourth-order valence-electron chi connectivity index (χ4n) is 1.68. The second kappa shape index (κ2) is 4.27. The molecule has 1 aliphatic rings. The second-order valence-electron chi connectivity index (χ2n) is 4.62. The standard InChI is InChI=1S/C11H22O/c1-4-8-11(2,3)12-9-10-6-5-7-10/h10H,4-9H2,1-3H3. The topological polar surface area (TPSA) is 9.23 Å². The predicted molar refractivity (Wildman–Crippen MR) is 52.3 cm³/mol. The Morgan fingerprint density at radius 1 is 1.33 bits per heavy atom. The highest BCUT2D eigenvalue weighted by Crippen LogP contribution is 2.28. The van der Waals surface area contributed by atoms with Crippen LogP contribution in [-0.2, 0) is 4.74 Å². The van der Waals surface area contributed by atoms with Gasteiger partial charge in [-0.05, 0) is 39.0 Å². The summed E-state index contributed by atoms with van der Waals surface area (Å²) >= 11 is 0. The van der Waals surface area contributed by atoms with Crippen LogP contribution in [0.25, 0.3) is 0 Å². The molecule has 1 saturated carbocycles. The number of ether oxygens (including phenoxy) is 1. The summed E-state index contributed by atoms with van der Waals surface area (Å²) in [6.07, 6.45) is 6.60. The first-order chi connectivity index (χ1) is 5.64. The minimum absolute atomic E-state index is 0.115. The Hall–Kier alpha value is -0.0400. The van der Waals surface area contributed by atoms with Gasteiger partial charge in [0.15, 0.2) is 0 Å². The third-order valence-corrected chi connectivity index (χ3v) is 2.79. The molecule has 0 aromatic rings. The maximum Gasteiger partial charge on any atom is 0.0626 e. The van der Waals surface area contributed by atoms with Gasteiger partial charge < -0.3 is 4.74 Å². The average Bonchev–Trinajstić information content (AvgIpc) is 1.82. The maximum absolute atomic E-state index is 5.87. The van der Waals surface area contributed by atoms with Crippen molar-refractivity contribution in [3.8, 4) is 0 Å². The number of rotatable bonds is 5. The van der Waals surface area contributed by atoms with E-state index in [1.807, 2.05) is 0 Å². The van der Waals surface area contributed by atoms with Gasteiger partial charge in [0.05, 0.1) is 12.2 Å². The minimum atomic E-state index is 0.115. The molecule has 0 unspecified atom stereocenters. The Kier molecular flexibility index (Phi) is 3.57. The van der Waals surface area contributed by atoms with Crippen molar-refractivity contribution in [2.45, 2.75) is 58.5 Å². The molecule has 0 N–H and O–H groups in total. The zero-order valence-corrected chi connectivity index (χ0v) is 8.73. The molecule has 0 aromatic carbocycles. The highest BCUT2D eigenvalue weighted by atomic mass is 16.5. The van der Waals surface area contributed by atoms with Gasteiger partial charge in [-0.15, -0.1) is 0 Å². The first-order valence-electron chi connectivity index (χ1n) is 5.28. The highest BCUT2D eigenvalue weighted by molar-refractivity contribution is 4.73. The third kappa shape index (κ3) is 3.14. The fourth-order valence-corrected chi connectivity index (χ4v) is 1.68. The quantitative estimate of drug-likeness (QED) is 0.614. The third-order valence-electron chi connectivity index (χ3n) is 2.79. The SMILES string of the molecule is CCCC(C)(C)OCC1CCC1. The Balaban J connectivity index is 2.10. The molecule has 0 heterocycles. The van der Waals surface area contributed by atoms with Gasteiger partial charge in [-0.1, -0.05) is 19.8 Å². The van der Waals surface area contributed by atoms with E-state index in [9.17, 15) is 0 Å². The lowest BCUT2D eigenvalue weighted by Crippen LogP contribution is -2.29. The lowest BCUT2D eigenvalue weighted by Gasteiger charge is -2.31. The van der Waals surface area contributed by atoms with Crippen molar-refractivity contribution in [3.63, 3.8) is 0 Å². The lowest BCUT2D eigenvalue weighted by molar-refractivity contribution is -0.0524. The molecule has 0 aliphatic heterocycles. The largest absolute Gasteiger partial charge is 0.375 e. The van der Waals surface area contributed by atoms with Gasteiger partial charge in [-0.2, -0.15) is 0 Å². The van der Waals surface area contributed by atoms with E-state index in [1.165, 1.54) is 32.1 Å². The smallest absolute Gasteiger partial charge is 0.0626 e. The summed E-state index contributed by atoms with van der Waals surface area (Å²) < 4.78 is 5.87. The maximum atomic E-state index is 5.87. The van der Waals surface area contributed by atoms with Crippen molar-refractivity contribution in [1.82, 2.24) is 0 Å². The molecule has 72 valence electrons. The second-order valence-corrected chi connectivity index (χ2v) is 4.62. The lowest BCUT2D eigenvalue weighted by atomic mass is 9.86.